The monoisotopic (exact) mass is 320 g/mol. The number of aliphatic hydroxyl groups is 1. The number of hydrogen-bond acceptors (Lipinski definition) is 3. The first-order chi connectivity index (χ1) is 9.19. The van der Waals surface area contributed by atoms with Gasteiger partial charge in [0, 0.05) is 18.3 Å². The van der Waals surface area contributed by atoms with E-state index in [0.29, 0.717) is 16.7 Å². The number of hydrogen-bond donors (Lipinski definition) is 2. The van der Waals surface area contributed by atoms with Crippen LogP contribution in [0, 0.1) is 0 Å². The Kier molecular flexibility index (Phi) is 4.65. The van der Waals surface area contributed by atoms with Crippen LogP contribution in [0.15, 0.2) is 47.2 Å². The summed E-state index contributed by atoms with van der Waals surface area (Å²) in [7, 11) is 0. The topological polar surface area (TPSA) is 62.2 Å². The van der Waals surface area contributed by atoms with Crippen molar-refractivity contribution in [3.63, 3.8) is 0 Å². The summed E-state index contributed by atoms with van der Waals surface area (Å²) in [4.78, 5) is 15.9. The highest BCUT2D eigenvalue weighted by atomic mass is 79.9. The lowest BCUT2D eigenvalue weighted by atomic mass is 10.1. The molecule has 1 heterocycles. The molecule has 1 aromatic heterocycles. The molecule has 2 rings (SSSR count). The molecule has 0 radical (unpaired) electrons. The maximum absolute atomic E-state index is 11.9. The molecule has 0 saturated carbocycles. The minimum atomic E-state index is -0.144. The molecule has 2 N–H and O–H groups in total. The Labute approximate surface area is 119 Å². The van der Waals surface area contributed by atoms with E-state index in [4.69, 9.17) is 5.11 Å². The molecule has 4 nitrogen and oxygen atoms in total. The summed E-state index contributed by atoms with van der Waals surface area (Å²) in [5, 5.41) is 11.8. The van der Waals surface area contributed by atoms with Gasteiger partial charge in [-0.1, -0.05) is 24.3 Å². The molecule has 0 unspecified atom stereocenters. The van der Waals surface area contributed by atoms with Crippen molar-refractivity contribution in [1.29, 1.82) is 0 Å². The van der Waals surface area contributed by atoms with Gasteiger partial charge < -0.3 is 10.4 Å². The summed E-state index contributed by atoms with van der Waals surface area (Å²) in [5.74, 6) is -0.144. The lowest BCUT2D eigenvalue weighted by Gasteiger charge is -2.06. The third-order valence-electron chi connectivity index (χ3n) is 2.65. The van der Waals surface area contributed by atoms with Crippen LogP contribution in [0.3, 0.4) is 0 Å². The second kappa shape index (κ2) is 6.45. The van der Waals surface area contributed by atoms with E-state index in [9.17, 15) is 4.79 Å². The summed E-state index contributed by atoms with van der Waals surface area (Å²) in [5.41, 5.74) is 2.40. The van der Waals surface area contributed by atoms with Crippen molar-refractivity contribution in [2.75, 3.05) is 0 Å². The number of carbonyl (C=O) groups is 1. The lowest BCUT2D eigenvalue weighted by Crippen LogP contribution is -2.22. The van der Waals surface area contributed by atoms with E-state index in [2.05, 4.69) is 26.2 Å². The molecule has 0 spiro atoms. The van der Waals surface area contributed by atoms with Crippen LogP contribution in [0.4, 0.5) is 0 Å². The molecule has 0 bridgehead atoms. The highest BCUT2D eigenvalue weighted by molar-refractivity contribution is 9.10. The Morgan fingerprint density at radius 1 is 1.21 bits per heavy atom. The Hall–Kier alpha value is -1.72. The fourth-order valence-corrected chi connectivity index (χ4v) is 1.96. The zero-order valence-corrected chi connectivity index (χ0v) is 11.7. The van der Waals surface area contributed by atoms with E-state index >= 15 is 0 Å². The molecule has 5 heteroatoms. The molecule has 0 fully saturated rings. The van der Waals surface area contributed by atoms with Gasteiger partial charge in [-0.05, 0) is 39.2 Å². The molecular formula is C14H13BrN2O2. The van der Waals surface area contributed by atoms with Gasteiger partial charge in [0.1, 0.15) is 4.60 Å². The van der Waals surface area contributed by atoms with Crippen LogP contribution in [0.1, 0.15) is 21.5 Å². The average molecular weight is 321 g/mol. The predicted octanol–water partition coefficient (Wildman–Crippen LogP) is 2.27. The zero-order valence-electron chi connectivity index (χ0n) is 10.1. The van der Waals surface area contributed by atoms with Gasteiger partial charge in [-0.3, -0.25) is 4.79 Å². The number of halogens is 1. The third-order valence-corrected chi connectivity index (χ3v) is 3.08. The fourth-order valence-electron chi connectivity index (χ4n) is 1.59. The van der Waals surface area contributed by atoms with Crippen molar-refractivity contribution in [3.05, 3.63) is 63.9 Å². The number of nitrogens with one attached hydrogen (secondary N) is 1. The van der Waals surface area contributed by atoms with Gasteiger partial charge in [-0.15, -0.1) is 0 Å². The summed E-state index contributed by atoms with van der Waals surface area (Å²) in [6.45, 7) is 0.474. The Morgan fingerprint density at radius 2 is 1.89 bits per heavy atom. The number of pyridine rings is 1. The van der Waals surface area contributed by atoms with Gasteiger partial charge in [0.2, 0.25) is 0 Å². The first kappa shape index (κ1) is 13.7. The van der Waals surface area contributed by atoms with Crippen molar-refractivity contribution >= 4 is 21.8 Å². The first-order valence-corrected chi connectivity index (χ1v) is 6.57. The number of benzene rings is 1. The first-order valence-electron chi connectivity index (χ1n) is 5.77. The minimum absolute atomic E-state index is 0.0255. The SMILES string of the molecule is O=C(NCc1ccc(CO)cc1)c1ccnc(Br)c1. The van der Waals surface area contributed by atoms with Crippen molar-refractivity contribution in [2.45, 2.75) is 13.2 Å². The molecule has 0 saturated heterocycles. The number of carbonyl (C=O) groups excluding carboxylic acids is 1. The Bertz CT molecular complexity index is 570. The molecule has 19 heavy (non-hydrogen) atoms. The second-order valence-electron chi connectivity index (χ2n) is 4.02. The Balaban J connectivity index is 1.96. The maximum atomic E-state index is 11.9. The molecular weight excluding hydrogens is 308 g/mol. The van der Waals surface area contributed by atoms with Crippen LogP contribution in [-0.2, 0) is 13.2 Å². The van der Waals surface area contributed by atoms with Gasteiger partial charge in [-0.2, -0.15) is 0 Å². The molecule has 98 valence electrons. The smallest absolute Gasteiger partial charge is 0.251 e. The van der Waals surface area contributed by atoms with E-state index in [1.165, 1.54) is 0 Å². The molecule has 1 aromatic carbocycles. The predicted molar refractivity (Wildman–Crippen MR) is 75.5 cm³/mol. The minimum Gasteiger partial charge on any atom is -0.392 e. The normalized spacial score (nSPS) is 10.2. The molecule has 2 aromatic rings. The third kappa shape index (κ3) is 3.87. The fraction of sp³-hybridized carbons (Fsp3) is 0.143. The summed E-state index contributed by atoms with van der Waals surface area (Å²) < 4.78 is 0.632. The van der Waals surface area contributed by atoms with Gasteiger partial charge >= 0.3 is 0 Å². The molecule has 0 atom stereocenters. The van der Waals surface area contributed by atoms with Gasteiger partial charge in [0.25, 0.3) is 5.91 Å². The quantitative estimate of drug-likeness (QED) is 0.849. The van der Waals surface area contributed by atoms with E-state index in [1.807, 2.05) is 24.3 Å². The largest absolute Gasteiger partial charge is 0.392 e. The standard InChI is InChI=1S/C14H13BrN2O2/c15-13-7-12(5-6-16-13)14(19)17-8-10-1-3-11(9-18)4-2-10/h1-7,18H,8-9H2,(H,17,19). The van der Waals surface area contributed by atoms with Crippen LogP contribution < -0.4 is 5.32 Å². The van der Waals surface area contributed by atoms with Crippen LogP contribution in [0.5, 0.6) is 0 Å². The van der Waals surface area contributed by atoms with E-state index < -0.39 is 0 Å². The zero-order chi connectivity index (χ0) is 13.7. The van der Waals surface area contributed by atoms with E-state index in [0.717, 1.165) is 11.1 Å². The van der Waals surface area contributed by atoms with Gasteiger partial charge in [-0.25, -0.2) is 4.98 Å². The maximum Gasteiger partial charge on any atom is 0.251 e. The van der Waals surface area contributed by atoms with Crippen LogP contribution in [0.2, 0.25) is 0 Å². The highest BCUT2D eigenvalue weighted by Gasteiger charge is 2.05. The summed E-state index contributed by atoms with van der Waals surface area (Å²) >= 11 is 3.23. The molecule has 0 aliphatic heterocycles. The van der Waals surface area contributed by atoms with Crippen molar-refractivity contribution in [1.82, 2.24) is 10.3 Å². The molecule has 1 amide bonds. The number of aliphatic hydroxyl groups excluding tert-OH is 1. The van der Waals surface area contributed by atoms with Crippen LogP contribution in [-0.4, -0.2) is 16.0 Å². The summed E-state index contributed by atoms with van der Waals surface area (Å²) in [6.07, 6.45) is 1.58. The van der Waals surface area contributed by atoms with E-state index in [-0.39, 0.29) is 12.5 Å². The number of aromatic nitrogens is 1. The van der Waals surface area contributed by atoms with Crippen molar-refractivity contribution in [2.24, 2.45) is 0 Å². The van der Waals surface area contributed by atoms with Crippen LogP contribution >= 0.6 is 15.9 Å². The van der Waals surface area contributed by atoms with E-state index in [1.54, 1.807) is 18.3 Å². The second-order valence-corrected chi connectivity index (χ2v) is 4.84. The average Bonchev–Trinajstić information content (AvgIpc) is 2.45. The van der Waals surface area contributed by atoms with Crippen molar-refractivity contribution in [3.8, 4) is 0 Å². The molecule has 0 aliphatic carbocycles. The van der Waals surface area contributed by atoms with Crippen LogP contribution in [0.25, 0.3) is 0 Å². The van der Waals surface area contributed by atoms with Crippen molar-refractivity contribution < 1.29 is 9.90 Å². The van der Waals surface area contributed by atoms with Gasteiger partial charge in [0.15, 0.2) is 0 Å². The summed E-state index contributed by atoms with van der Waals surface area (Å²) in [6, 6.07) is 10.8. The number of nitrogens with zero attached hydrogens (tertiary/aromatic N) is 1. The lowest BCUT2D eigenvalue weighted by molar-refractivity contribution is 0.0950. The highest BCUT2D eigenvalue weighted by Crippen LogP contribution is 2.08. The Morgan fingerprint density at radius 3 is 2.53 bits per heavy atom. The molecule has 0 aliphatic rings. The van der Waals surface area contributed by atoms with Gasteiger partial charge in [0.05, 0.1) is 6.61 Å². The number of amides is 1. The number of rotatable bonds is 4.